The van der Waals surface area contributed by atoms with Gasteiger partial charge in [-0.1, -0.05) is 0 Å². The van der Waals surface area contributed by atoms with E-state index >= 15 is 0 Å². The molecule has 8 nitrogen and oxygen atoms in total. The predicted octanol–water partition coefficient (Wildman–Crippen LogP) is 2.34. The third-order valence-corrected chi connectivity index (χ3v) is 4.64. The monoisotopic (exact) mass is 413 g/mol. The lowest BCUT2D eigenvalue weighted by molar-refractivity contribution is 0.0240. The molecule has 0 aliphatic carbocycles. The van der Waals surface area contributed by atoms with E-state index in [9.17, 15) is 18.4 Å². The zero-order valence-corrected chi connectivity index (χ0v) is 16.7. The van der Waals surface area contributed by atoms with E-state index in [-0.39, 0.29) is 50.7 Å². The summed E-state index contributed by atoms with van der Waals surface area (Å²) in [6.45, 7) is 5.98. The number of hydrogen-bond acceptors (Lipinski definition) is 6. The van der Waals surface area contributed by atoms with E-state index in [0.29, 0.717) is 0 Å². The molecular weight excluding hydrogens is 388 g/mol. The van der Waals surface area contributed by atoms with Gasteiger partial charge in [-0.3, -0.25) is 4.90 Å². The smallest absolute Gasteiger partial charge is 0.414 e. The van der Waals surface area contributed by atoms with Crippen molar-refractivity contribution in [2.75, 3.05) is 49.1 Å². The molecular formula is C19H25F2N3O5. The van der Waals surface area contributed by atoms with Crippen molar-refractivity contribution in [2.45, 2.75) is 32.5 Å². The Hall–Kier alpha value is -2.62. The molecule has 2 aliphatic heterocycles. The summed E-state index contributed by atoms with van der Waals surface area (Å²) in [7, 11) is 0. The molecule has 1 atom stereocenters. The molecule has 10 heteroatoms. The molecule has 1 aromatic rings. The van der Waals surface area contributed by atoms with Crippen molar-refractivity contribution in [2.24, 2.45) is 0 Å². The molecule has 2 heterocycles. The number of nitrogens with zero attached hydrogens (tertiary/aromatic N) is 3. The van der Waals surface area contributed by atoms with Crippen molar-refractivity contribution in [3.8, 4) is 0 Å². The highest BCUT2D eigenvalue weighted by Crippen LogP contribution is 2.31. The van der Waals surface area contributed by atoms with Crippen LogP contribution in [-0.4, -0.2) is 73.2 Å². The van der Waals surface area contributed by atoms with Gasteiger partial charge in [0.1, 0.15) is 17.4 Å². The van der Waals surface area contributed by atoms with Crippen LogP contribution < -0.4 is 9.80 Å². The number of aliphatic hydroxyl groups is 1. The number of hydrogen-bond donors (Lipinski definition) is 1. The van der Waals surface area contributed by atoms with Gasteiger partial charge in [0, 0.05) is 38.3 Å². The first-order valence-corrected chi connectivity index (χ1v) is 9.40. The number of aliphatic hydroxyl groups excluding tert-OH is 1. The zero-order valence-electron chi connectivity index (χ0n) is 16.7. The molecule has 29 heavy (non-hydrogen) atoms. The van der Waals surface area contributed by atoms with Crippen LogP contribution in [0.4, 0.5) is 29.7 Å². The van der Waals surface area contributed by atoms with E-state index in [2.05, 4.69) is 0 Å². The summed E-state index contributed by atoms with van der Waals surface area (Å²) in [5, 5.41) is 9.10. The maximum absolute atomic E-state index is 14.7. The number of amides is 2. The van der Waals surface area contributed by atoms with Gasteiger partial charge in [-0.25, -0.2) is 18.4 Å². The maximum atomic E-state index is 14.7. The van der Waals surface area contributed by atoms with Crippen LogP contribution in [0.2, 0.25) is 0 Å². The van der Waals surface area contributed by atoms with E-state index in [1.54, 1.807) is 20.8 Å². The van der Waals surface area contributed by atoms with Gasteiger partial charge in [-0.2, -0.15) is 0 Å². The summed E-state index contributed by atoms with van der Waals surface area (Å²) in [5.74, 6) is -1.63. The second kappa shape index (κ2) is 8.02. The number of cyclic esters (lactones) is 1. The summed E-state index contributed by atoms with van der Waals surface area (Å²) < 4.78 is 39.7. The molecule has 2 saturated heterocycles. The quantitative estimate of drug-likeness (QED) is 0.819. The van der Waals surface area contributed by atoms with Gasteiger partial charge >= 0.3 is 12.2 Å². The van der Waals surface area contributed by atoms with Gasteiger partial charge < -0.3 is 24.4 Å². The van der Waals surface area contributed by atoms with Crippen LogP contribution in [0.5, 0.6) is 0 Å². The van der Waals surface area contributed by atoms with E-state index in [1.165, 1.54) is 9.80 Å². The van der Waals surface area contributed by atoms with Crippen LogP contribution in [0.15, 0.2) is 12.1 Å². The highest BCUT2D eigenvalue weighted by atomic mass is 19.1. The first kappa shape index (κ1) is 21.1. The molecule has 2 aliphatic rings. The van der Waals surface area contributed by atoms with Crippen molar-refractivity contribution in [3.05, 3.63) is 23.8 Å². The van der Waals surface area contributed by atoms with Crippen molar-refractivity contribution in [1.82, 2.24) is 4.90 Å². The van der Waals surface area contributed by atoms with Crippen LogP contribution in [0.25, 0.3) is 0 Å². The van der Waals surface area contributed by atoms with Gasteiger partial charge in [0.05, 0.1) is 18.8 Å². The van der Waals surface area contributed by atoms with Crippen molar-refractivity contribution >= 4 is 23.6 Å². The van der Waals surface area contributed by atoms with Gasteiger partial charge in [0.25, 0.3) is 0 Å². The highest BCUT2D eigenvalue weighted by molar-refractivity contribution is 5.90. The minimum absolute atomic E-state index is 0.0160. The Morgan fingerprint density at radius 1 is 1.21 bits per heavy atom. The number of carbonyl (C=O) groups excluding carboxylic acids is 2. The van der Waals surface area contributed by atoms with Gasteiger partial charge in [0.15, 0.2) is 11.6 Å². The fraction of sp³-hybridized carbons (Fsp3) is 0.579. The van der Waals surface area contributed by atoms with E-state index in [1.807, 2.05) is 0 Å². The molecule has 2 fully saturated rings. The standard InChI is InChI=1S/C19H25F2N3O5/c1-19(2,3)29-17(26)23-6-4-22(5-7-23)16-14(20)8-12(9-15(16)21)24-10-13(11-25)28-18(24)27/h8-9,13,25H,4-7,10-11H2,1-3H3/t13-/m1/s1. The first-order valence-electron chi connectivity index (χ1n) is 9.40. The van der Waals surface area contributed by atoms with E-state index in [0.717, 1.165) is 17.0 Å². The summed E-state index contributed by atoms with van der Waals surface area (Å²) in [4.78, 5) is 28.1. The fourth-order valence-electron chi connectivity index (χ4n) is 3.28. The topological polar surface area (TPSA) is 82.6 Å². The third-order valence-electron chi connectivity index (χ3n) is 4.64. The predicted molar refractivity (Wildman–Crippen MR) is 101 cm³/mol. The average Bonchev–Trinajstić information content (AvgIpc) is 3.01. The zero-order chi connectivity index (χ0) is 21.3. The van der Waals surface area contributed by atoms with Gasteiger partial charge in [-0.15, -0.1) is 0 Å². The molecule has 0 unspecified atom stereocenters. The summed E-state index contributed by atoms with van der Waals surface area (Å²) >= 11 is 0. The van der Waals surface area contributed by atoms with Crippen molar-refractivity contribution in [3.63, 3.8) is 0 Å². The minimum Gasteiger partial charge on any atom is -0.444 e. The number of carbonyl (C=O) groups is 2. The lowest BCUT2D eigenvalue weighted by Crippen LogP contribution is -2.50. The normalized spacial score (nSPS) is 20.1. The molecule has 0 aromatic heterocycles. The molecule has 0 saturated carbocycles. The molecule has 0 spiro atoms. The molecule has 0 radical (unpaired) electrons. The Morgan fingerprint density at radius 2 is 1.79 bits per heavy atom. The van der Waals surface area contributed by atoms with Crippen LogP contribution >= 0.6 is 0 Å². The molecule has 3 rings (SSSR count). The second-order valence-electron chi connectivity index (χ2n) is 8.01. The number of rotatable bonds is 3. The fourth-order valence-corrected chi connectivity index (χ4v) is 3.28. The van der Waals surface area contributed by atoms with Gasteiger partial charge in [-0.05, 0) is 20.8 Å². The number of ether oxygens (including phenoxy) is 2. The maximum Gasteiger partial charge on any atom is 0.414 e. The Labute approximate surface area is 167 Å². The summed E-state index contributed by atoms with van der Waals surface area (Å²) in [6, 6.07) is 2.14. The van der Waals surface area contributed by atoms with Crippen LogP contribution in [-0.2, 0) is 9.47 Å². The van der Waals surface area contributed by atoms with Crippen LogP contribution in [0, 0.1) is 11.6 Å². The molecule has 1 N–H and O–H groups in total. The average molecular weight is 413 g/mol. The summed E-state index contributed by atoms with van der Waals surface area (Å²) in [5.41, 5.74) is -0.797. The van der Waals surface area contributed by atoms with Crippen molar-refractivity contribution < 1.29 is 33.0 Å². The molecule has 2 amide bonds. The second-order valence-corrected chi connectivity index (χ2v) is 8.01. The number of anilines is 2. The first-order chi connectivity index (χ1) is 13.6. The molecule has 160 valence electrons. The Balaban J connectivity index is 1.70. The Morgan fingerprint density at radius 3 is 2.28 bits per heavy atom. The van der Waals surface area contributed by atoms with Crippen molar-refractivity contribution in [1.29, 1.82) is 0 Å². The molecule has 1 aromatic carbocycles. The van der Waals surface area contributed by atoms with E-state index in [4.69, 9.17) is 14.6 Å². The number of halogens is 2. The SMILES string of the molecule is CC(C)(C)OC(=O)N1CCN(c2c(F)cc(N3C[C@H](CO)OC3=O)cc2F)CC1. The number of benzene rings is 1. The van der Waals surface area contributed by atoms with Gasteiger partial charge in [0.2, 0.25) is 0 Å². The lowest BCUT2D eigenvalue weighted by atomic mass is 10.2. The largest absolute Gasteiger partial charge is 0.444 e. The lowest BCUT2D eigenvalue weighted by Gasteiger charge is -2.37. The number of piperazine rings is 1. The minimum atomic E-state index is -0.814. The highest BCUT2D eigenvalue weighted by Gasteiger charge is 2.34. The third kappa shape index (κ3) is 4.69. The van der Waals surface area contributed by atoms with Crippen LogP contribution in [0.1, 0.15) is 20.8 Å². The summed E-state index contributed by atoms with van der Waals surface area (Å²) in [6.07, 6.45) is -1.95. The Kier molecular flexibility index (Phi) is 5.83. The van der Waals surface area contributed by atoms with Crippen LogP contribution in [0.3, 0.4) is 0 Å². The van der Waals surface area contributed by atoms with E-state index < -0.39 is 35.5 Å². The Bertz CT molecular complexity index is 768. The molecule has 0 bridgehead atoms.